The molecule has 5 heteroatoms. The molecular weight excluding hydrogens is 270 g/mol. The maximum atomic E-state index is 10.7. The minimum Gasteiger partial charge on any atom is -0.391 e. The van der Waals surface area contributed by atoms with E-state index < -0.39 is 0 Å². The summed E-state index contributed by atoms with van der Waals surface area (Å²) >= 11 is 1.63. The number of aromatic nitrogens is 2. The summed E-state index contributed by atoms with van der Waals surface area (Å²) in [5.41, 5.74) is 0.798. The molecule has 3 rings (SSSR count). The van der Waals surface area contributed by atoms with Crippen LogP contribution in [-0.2, 0) is 6.42 Å². The van der Waals surface area contributed by atoms with E-state index in [9.17, 15) is 5.11 Å². The number of fused-ring (bicyclic) bond motifs is 1. The molecule has 0 amide bonds. The zero-order valence-electron chi connectivity index (χ0n) is 12.2. The molecule has 2 aromatic rings. The zero-order chi connectivity index (χ0) is 14.2. The van der Waals surface area contributed by atoms with Crippen molar-refractivity contribution in [1.29, 1.82) is 0 Å². The number of hydrogen-bond donors (Lipinski definition) is 1. The number of imidazole rings is 1. The Hall–Kier alpha value is -0.910. The molecule has 0 aliphatic carbocycles. The summed E-state index contributed by atoms with van der Waals surface area (Å²) in [6, 6.07) is 0. The van der Waals surface area contributed by atoms with Crippen molar-refractivity contribution in [2.45, 2.75) is 51.2 Å². The zero-order valence-corrected chi connectivity index (χ0v) is 13.1. The lowest BCUT2D eigenvalue weighted by Crippen LogP contribution is -2.54. The van der Waals surface area contributed by atoms with Crippen LogP contribution in [0.1, 0.15) is 38.8 Å². The molecule has 1 saturated heterocycles. The molecular formula is C15H23N3OS. The Balaban J connectivity index is 1.70. The molecule has 0 spiro atoms. The van der Waals surface area contributed by atoms with Crippen LogP contribution in [0.2, 0.25) is 0 Å². The number of rotatable bonds is 4. The maximum absolute atomic E-state index is 10.7. The molecule has 0 bridgehead atoms. The van der Waals surface area contributed by atoms with E-state index in [1.54, 1.807) is 11.3 Å². The third-order valence-electron chi connectivity index (χ3n) is 4.53. The summed E-state index contributed by atoms with van der Waals surface area (Å²) in [5, 5.41) is 12.7. The second-order valence-corrected chi connectivity index (χ2v) is 7.12. The van der Waals surface area contributed by atoms with Gasteiger partial charge in [-0.15, -0.1) is 11.3 Å². The van der Waals surface area contributed by atoms with Crippen LogP contribution >= 0.6 is 11.3 Å². The molecule has 1 aliphatic rings. The predicted octanol–water partition coefficient (Wildman–Crippen LogP) is 2.56. The third kappa shape index (κ3) is 2.62. The normalized spacial score (nSPS) is 19.6. The van der Waals surface area contributed by atoms with Gasteiger partial charge in [-0.2, -0.15) is 0 Å². The molecule has 1 unspecified atom stereocenters. The molecule has 0 radical (unpaired) electrons. The first kappa shape index (κ1) is 14.0. The second-order valence-electron chi connectivity index (χ2n) is 6.25. The summed E-state index contributed by atoms with van der Waals surface area (Å²) in [7, 11) is 0. The van der Waals surface area contributed by atoms with Crippen molar-refractivity contribution in [2.24, 2.45) is 0 Å². The molecule has 1 aliphatic heterocycles. The van der Waals surface area contributed by atoms with Gasteiger partial charge in [-0.25, -0.2) is 4.98 Å². The molecule has 20 heavy (non-hydrogen) atoms. The highest BCUT2D eigenvalue weighted by atomic mass is 32.1. The van der Waals surface area contributed by atoms with Crippen molar-refractivity contribution >= 4 is 16.3 Å². The molecule has 4 nitrogen and oxygen atoms in total. The molecule has 2 aromatic heterocycles. The monoisotopic (exact) mass is 293 g/mol. The third-order valence-corrected chi connectivity index (χ3v) is 5.30. The van der Waals surface area contributed by atoms with Gasteiger partial charge in [-0.05, 0) is 39.8 Å². The summed E-state index contributed by atoms with van der Waals surface area (Å²) < 4.78 is 2.03. The fourth-order valence-corrected chi connectivity index (χ4v) is 3.72. The van der Waals surface area contributed by atoms with E-state index in [4.69, 9.17) is 0 Å². The average Bonchev–Trinajstić information content (AvgIpc) is 3.00. The van der Waals surface area contributed by atoms with Crippen molar-refractivity contribution in [2.75, 3.05) is 13.1 Å². The second kappa shape index (κ2) is 5.47. The summed E-state index contributed by atoms with van der Waals surface area (Å²) in [4.78, 5) is 8.01. The van der Waals surface area contributed by atoms with Gasteiger partial charge in [0.2, 0.25) is 0 Å². The van der Waals surface area contributed by atoms with Crippen LogP contribution in [0.5, 0.6) is 0 Å². The Morgan fingerprint density at radius 2 is 2.10 bits per heavy atom. The van der Waals surface area contributed by atoms with E-state index >= 15 is 0 Å². The Kier molecular flexibility index (Phi) is 3.84. The van der Waals surface area contributed by atoms with E-state index in [2.05, 4.69) is 23.7 Å². The minimum atomic E-state index is -0.384. The molecule has 1 atom stereocenters. The SMILES string of the molecule is CC(C)(C(O)Cc1cn2ccsc2n1)N1CCCCC1. The standard InChI is InChI=1S/C15H23N3OS/c1-15(2,18-6-4-3-5-7-18)13(19)10-12-11-17-8-9-20-14(17)16-12/h8-9,11,13,19H,3-7,10H2,1-2H3. The summed E-state index contributed by atoms with van der Waals surface area (Å²) in [5.74, 6) is 0. The lowest BCUT2D eigenvalue weighted by molar-refractivity contribution is -0.0190. The van der Waals surface area contributed by atoms with Crippen LogP contribution in [0, 0.1) is 0 Å². The number of piperidine rings is 1. The number of aliphatic hydroxyl groups excluding tert-OH is 1. The maximum Gasteiger partial charge on any atom is 0.193 e. The van der Waals surface area contributed by atoms with Gasteiger partial charge in [0, 0.05) is 29.7 Å². The smallest absolute Gasteiger partial charge is 0.193 e. The van der Waals surface area contributed by atoms with Gasteiger partial charge in [-0.3, -0.25) is 9.30 Å². The summed E-state index contributed by atoms with van der Waals surface area (Å²) in [6.07, 6.45) is 8.09. The van der Waals surface area contributed by atoms with E-state index in [0.29, 0.717) is 6.42 Å². The molecule has 1 fully saturated rings. The molecule has 0 aromatic carbocycles. The number of aliphatic hydroxyl groups is 1. The van der Waals surface area contributed by atoms with Crippen LogP contribution in [0.15, 0.2) is 17.8 Å². The van der Waals surface area contributed by atoms with Gasteiger partial charge in [0.05, 0.1) is 11.8 Å². The molecule has 110 valence electrons. The Morgan fingerprint density at radius 3 is 2.80 bits per heavy atom. The van der Waals surface area contributed by atoms with Crippen LogP contribution in [0.25, 0.3) is 4.96 Å². The van der Waals surface area contributed by atoms with E-state index in [1.807, 2.05) is 22.2 Å². The minimum absolute atomic E-state index is 0.183. The Labute approximate surface area is 124 Å². The predicted molar refractivity (Wildman–Crippen MR) is 82.3 cm³/mol. The Bertz CT molecular complexity index is 540. The van der Waals surface area contributed by atoms with Crippen molar-refractivity contribution < 1.29 is 5.11 Å². The summed E-state index contributed by atoms with van der Waals surface area (Å²) in [6.45, 7) is 6.51. The lowest BCUT2D eigenvalue weighted by atomic mass is 9.89. The van der Waals surface area contributed by atoms with E-state index in [-0.39, 0.29) is 11.6 Å². The quantitative estimate of drug-likeness (QED) is 0.942. The van der Waals surface area contributed by atoms with Gasteiger partial charge in [0.25, 0.3) is 0 Å². The van der Waals surface area contributed by atoms with Crippen LogP contribution < -0.4 is 0 Å². The first-order chi connectivity index (χ1) is 9.57. The average molecular weight is 293 g/mol. The van der Waals surface area contributed by atoms with Gasteiger partial charge >= 0.3 is 0 Å². The van der Waals surface area contributed by atoms with E-state index in [0.717, 1.165) is 23.7 Å². The van der Waals surface area contributed by atoms with E-state index in [1.165, 1.54) is 19.3 Å². The first-order valence-corrected chi connectivity index (χ1v) is 8.29. The largest absolute Gasteiger partial charge is 0.391 e. The fraction of sp³-hybridized carbons (Fsp3) is 0.667. The molecule has 1 N–H and O–H groups in total. The van der Waals surface area contributed by atoms with Crippen LogP contribution in [0.3, 0.4) is 0 Å². The lowest BCUT2D eigenvalue weighted by Gasteiger charge is -2.43. The highest BCUT2D eigenvalue weighted by Crippen LogP contribution is 2.26. The van der Waals surface area contributed by atoms with Gasteiger partial charge in [0.15, 0.2) is 4.96 Å². The first-order valence-electron chi connectivity index (χ1n) is 7.41. The van der Waals surface area contributed by atoms with Gasteiger partial charge < -0.3 is 5.11 Å². The van der Waals surface area contributed by atoms with Gasteiger partial charge in [-0.1, -0.05) is 6.42 Å². The number of hydrogen-bond acceptors (Lipinski definition) is 4. The van der Waals surface area contributed by atoms with Crippen molar-refractivity contribution in [1.82, 2.24) is 14.3 Å². The van der Waals surface area contributed by atoms with Crippen LogP contribution in [-0.4, -0.2) is 44.1 Å². The van der Waals surface area contributed by atoms with Gasteiger partial charge in [0.1, 0.15) is 0 Å². The number of nitrogens with zero attached hydrogens (tertiary/aromatic N) is 3. The highest BCUT2D eigenvalue weighted by molar-refractivity contribution is 7.15. The van der Waals surface area contributed by atoms with Crippen molar-refractivity contribution in [3.63, 3.8) is 0 Å². The number of thiazole rings is 1. The van der Waals surface area contributed by atoms with Crippen LogP contribution in [0.4, 0.5) is 0 Å². The molecule has 0 saturated carbocycles. The topological polar surface area (TPSA) is 40.8 Å². The Morgan fingerprint density at radius 1 is 1.35 bits per heavy atom. The van der Waals surface area contributed by atoms with Crippen molar-refractivity contribution in [3.05, 3.63) is 23.5 Å². The molecule has 3 heterocycles. The van der Waals surface area contributed by atoms with Crippen molar-refractivity contribution in [3.8, 4) is 0 Å². The highest BCUT2D eigenvalue weighted by Gasteiger charge is 2.35. The number of likely N-dealkylation sites (tertiary alicyclic amines) is 1. The fourth-order valence-electron chi connectivity index (χ4n) is 3.00.